The first-order chi connectivity index (χ1) is 9.78. The second-order valence-corrected chi connectivity index (χ2v) is 5.43. The number of carbonyl (C=O) groups is 1. The number of benzene rings is 1. The number of anilines is 1. The first-order valence-electron chi connectivity index (χ1n) is 7.27. The van der Waals surface area contributed by atoms with Crippen LogP contribution in [0.5, 0.6) is 0 Å². The van der Waals surface area contributed by atoms with Crippen LogP contribution in [0.3, 0.4) is 0 Å². The average Bonchev–Trinajstić information content (AvgIpc) is 2.95. The Morgan fingerprint density at radius 2 is 2.10 bits per heavy atom. The number of hydrogen-bond donors (Lipinski definition) is 1. The highest BCUT2D eigenvalue weighted by Gasteiger charge is 2.22. The highest BCUT2D eigenvalue weighted by atomic mass is 16.2. The fourth-order valence-corrected chi connectivity index (χ4v) is 2.94. The van der Waals surface area contributed by atoms with E-state index in [0.29, 0.717) is 0 Å². The van der Waals surface area contributed by atoms with Gasteiger partial charge < -0.3 is 10.2 Å². The summed E-state index contributed by atoms with van der Waals surface area (Å²) in [4.78, 5) is 16.8. The van der Waals surface area contributed by atoms with Crippen molar-refractivity contribution in [1.29, 1.82) is 0 Å². The van der Waals surface area contributed by atoms with E-state index in [1.54, 1.807) is 0 Å². The monoisotopic (exact) mass is 271 g/mol. The second-order valence-electron chi connectivity index (χ2n) is 5.43. The van der Waals surface area contributed by atoms with Crippen LogP contribution in [0.2, 0.25) is 0 Å². The van der Waals surface area contributed by atoms with Gasteiger partial charge in [0, 0.05) is 50.5 Å². The Morgan fingerprint density at radius 3 is 2.85 bits per heavy atom. The molecule has 4 nitrogen and oxygen atoms in total. The van der Waals surface area contributed by atoms with Crippen molar-refractivity contribution < 1.29 is 4.79 Å². The van der Waals surface area contributed by atoms with Gasteiger partial charge in [-0.3, -0.25) is 9.69 Å². The highest BCUT2D eigenvalue weighted by Crippen LogP contribution is 2.23. The van der Waals surface area contributed by atoms with Crippen LogP contribution in [0, 0.1) is 0 Å². The summed E-state index contributed by atoms with van der Waals surface area (Å²) in [6.45, 7) is 9.13. The molecule has 106 valence electrons. The van der Waals surface area contributed by atoms with Crippen LogP contribution in [-0.4, -0.2) is 55.0 Å². The summed E-state index contributed by atoms with van der Waals surface area (Å²) in [6, 6.07) is 6.02. The molecule has 1 fully saturated rings. The van der Waals surface area contributed by atoms with Gasteiger partial charge in [0.2, 0.25) is 0 Å². The maximum atomic E-state index is 12.5. The summed E-state index contributed by atoms with van der Waals surface area (Å²) < 4.78 is 0. The molecule has 2 aliphatic heterocycles. The molecular weight excluding hydrogens is 250 g/mol. The quantitative estimate of drug-likeness (QED) is 0.848. The van der Waals surface area contributed by atoms with Gasteiger partial charge in [-0.2, -0.15) is 0 Å². The molecule has 20 heavy (non-hydrogen) atoms. The third-order valence-electron chi connectivity index (χ3n) is 4.11. The normalized spacial score (nSPS) is 18.5. The first-order valence-corrected chi connectivity index (χ1v) is 7.27. The van der Waals surface area contributed by atoms with Crippen LogP contribution < -0.4 is 5.32 Å². The molecule has 0 radical (unpaired) electrons. The van der Waals surface area contributed by atoms with E-state index in [-0.39, 0.29) is 5.91 Å². The third kappa shape index (κ3) is 2.56. The molecule has 0 unspecified atom stereocenters. The average molecular weight is 271 g/mol. The van der Waals surface area contributed by atoms with Crippen LogP contribution >= 0.6 is 0 Å². The fraction of sp³-hybridized carbons (Fsp3) is 0.438. The highest BCUT2D eigenvalue weighted by molar-refractivity contribution is 5.95. The first kappa shape index (κ1) is 13.2. The van der Waals surface area contributed by atoms with Gasteiger partial charge in [-0.25, -0.2) is 0 Å². The Bertz CT molecular complexity index is 518. The lowest BCUT2D eigenvalue weighted by molar-refractivity contribution is 0.0650. The molecule has 0 spiro atoms. The number of carbonyl (C=O) groups excluding carboxylic acids is 1. The standard InChI is InChI=1S/C16H21N3O/c1-2-7-18-8-10-19(11-9-18)16(20)14-3-4-15-13(12-14)5-6-17-15/h2-4,12,17H,1,5-11H2. The number of rotatable bonds is 3. The number of nitrogens with zero attached hydrogens (tertiary/aromatic N) is 2. The Labute approximate surface area is 120 Å². The fourth-order valence-electron chi connectivity index (χ4n) is 2.94. The van der Waals surface area contributed by atoms with Crippen LogP contribution in [-0.2, 0) is 6.42 Å². The zero-order valence-electron chi connectivity index (χ0n) is 11.8. The summed E-state index contributed by atoms with van der Waals surface area (Å²) in [7, 11) is 0. The van der Waals surface area contributed by atoms with E-state index in [1.807, 2.05) is 29.2 Å². The summed E-state index contributed by atoms with van der Waals surface area (Å²) in [5.41, 5.74) is 3.27. The molecule has 1 aromatic carbocycles. The molecular formula is C16H21N3O. The van der Waals surface area contributed by atoms with Crippen molar-refractivity contribution in [2.24, 2.45) is 0 Å². The van der Waals surface area contributed by atoms with Gasteiger partial charge in [-0.1, -0.05) is 6.08 Å². The maximum absolute atomic E-state index is 12.5. The lowest BCUT2D eigenvalue weighted by Gasteiger charge is -2.34. The van der Waals surface area contributed by atoms with Crippen molar-refractivity contribution in [1.82, 2.24) is 9.80 Å². The zero-order valence-corrected chi connectivity index (χ0v) is 11.8. The minimum absolute atomic E-state index is 0.165. The zero-order chi connectivity index (χ0) is 13.9. The number of nitrogens with one attached hydrogen (secondary N) is 1. The van der Waals surface area contributed by atoms with Crippen molar-refractivity contribution in [2.75, 3.05) is 44.6 Å². The molecule has 0 bridgehead atoms. The van der Waals surface area contributed by atoms with E-state index >= 15 is 0 Å². The predicted molar refractivity (Wildman–Crippen MR) is 81.2 cm³/mol. The SMILES string of the molecule is C=CCN1CCN(C(=O)c2ccc3c(c2)CCN3)CC1. The van der Waals surface area contributed by atoms with Crippen molar-refractivity contribution >= 4 is 11.6 Å². The van der Waals surface area contributed by atoms with E-state index in [4.69, 9.17) is 0 Å². The molecule has 3 rings (SSSR count). The van der Waals surface area contributed by atoms with Gasteiger partial charge in [0.15, 0.2) is 0 Å². The molecule has 1 amide bonds. The van der Waals surface area contributed by atoms with Gasteiger partial charge in [-0.15, -0.1) is 6.58 Å². The van der Waals surface area contributed by atoms with Gasteiger partial charge in [0.25, 0.3) is 5.91 Å². The number of fused-ring (bicyclic) bond motifs is 1. The summed E-state index contributed by atoms with van der Waals surface area (Å²) in [5, 5.41) is 3.32. The van der Waals surface area contributed by atoms with Crippen LogP contribution in [0.25, 0.3) is 0 Å². The van der Waals surface area contributed by atoms with E-state index < -0.39 is 0 Å². The van der Waals surface area contributed by atoms with Crippen molar-refractivity contribution in [3.05, 3.63) is 42.0 Å². The predicted octanol–water partition coefficient (Wildman–Crippen LogP) is 1.60. The molecule has 0 atom stereocenters. The largest absolute Gasteiger partial charge is 0.384 e. The van der Waals surface area contributed by atoms with Gasteiger partial charge in [-0.05, 0) is 30.2 Å². The van der Waals surface area contributed by atoms with Crippen LogP contribution in [0.4, 0.5) is 5.69 Å². The van der Waals surface area contributed by atoms with Crippen LogP contribution in [0.15, 0.2) is 30.9 Å². The maximum Gasteiger partial charge on any atom is 0.253 e. The smallest absolute Gasteiger partial charge is 0.253 e. The number of amides is 1. The van der Waals surface area contributed by atoms with Gasteiger partial charge in [0.05, 0.1) is 0 Å². The second kappa shape index (κ2) is 5.67. The molecule has 2 aliphatic rings. The summed E-state index contributed by atoms with van der Waals surface area (Å²) in [6.07, 6.45) is 2.94. The van der Waals surface area contributed by atoms with E-state index in [1.165, 1.54) is 11.3 Å². The van der Waals surface area contributed by atoms with Gasteiger partial charge >= 0.3 is 0 Å². The summed E-state index contributed by atoms with van der Waals surface area (Å²) >= 11 is 0. The molecule has 1 N–H and O–H groups in total. The Balaban J connectivity index is 1.66. The number of hydrogen-bond acceptors (Lipinski definition) is 3. The number of piperazine rings is 1. The Hall–Kier alpha value is -1.81. The van der Waals surface area contributed by atoms with Crippen molar-refractivity contribution in [2.45, 2.75) is 6.42 Å². The summed E-state index contributed by atoms with van der Waals surface area (Å²) in [5.74, 6) is 0.165. The molecule has 0 aromatic heterocycles. The van der Waals surface area contributed by atoms with E-state index in [0.717, 1.165) is 51.3 Å². The van der Waals surface area contributed by atoms with Gasteiger partial charge in [0.1, 0.15) is 0 Å². The molecule has 2 heterocycles. The molecule has 0 aliphatic carbocycles. The van der Waals surface area contributed by atoms with Crippen molar-refractivity contribution in [3.8, 4) is 0 Å². The van der Waals surface area contributed by atoms with Crippen molar-refractivity contribution in [3.63, 3.8) is 0 Å². The topological polar surface area (TPSA) is 35.6 Å². The lowest BCUT2D eigenvalue weighted by Crippen LogP contribution is -2.48. The third-order valence-corrected chi connectivity index (χ3v) is 4.11. The molecule has 0 saturated carbocycles. The Morgan fingerprint density at radius 1 is 1.30 bits per heavy atom. The van der Waals surface area contributed by atoms with E-state index in [9.17, 15) is 4.79 Å². The molecule has 4 heteroatoms. The Kier molecular flexibility index (Phi) is 3.74. The minimum Gasteiger partial charge on any atom is -0.384 e. The van der Waals surface area contributed by atoms with Crippen LogP contribution in [0.1, 0.15) is 15.9 Å². The minimum atomic E-state index is 0.165. The molecule has 1 saturated heterocycles. The van der Waals surface area contributed by atoms with E-state index in [2.05, 4.69) is 16.8 Å². The molecule has 1 aromatic rings. The lowest BCUT2D eigenvalue weighted by atomic mass is 10.1.